The molecule has 7 nitrogen and oxygen atoms in total. The number of phosphoric acid groups is 1. The van der Waals surface area contributed by atoms with E-state index in [0.717, 1.165) is 6.07 Å². The zero-order valence-electron chi connectivity index (χ0n) is 12.8. The van der Waals surface area contributed by atoms with Gasteiger partial charge in [-0.25, -0.2) is 4.57 Å². The maximum Gasteiger partial charge on any atom is 0.524 e. The largest absolute Gasteiger partial charge is 0.524 e. The van der Waals surface area contributed by atoms with Crippen LogP contribution in [0.25, 0.3) is 0 Å². The van der Waals surface area contributed by atoms with E-state index >= 15 is 0 Å². The van der Waals surface area contributed by atoms with Gasteiger partial charge in [-0.3, -0.25) is 14.6 Å². The summed E-state index contributed by atoms with van der Waals surface area (Å²) in [5, 5.41) is 19.1. The lowest BCUT2D eigenvalue weighted by molar-refractivity contribution is 0.0955. The first kappa shape index (κ1) is 18.0. The van der Waals surface area contributed by atoms with Gasteiger partial charge in [0.2, 0.25) is 0 Å². The summed E-state index contributed by atoms with van der Waals surface area (Å²) in [4.78, 5) is 30.8. The minimum absolute atomic E-state index is 0.0103. The van der Waals surface area contributed by atoms with E-state index in [4.69, 9.17) is 9.79 Å². The van der Waals surface area contributed by atoms with Gasteiger partial charge in [-0.15, -0.1) is 0 Å². The van der Waals surface area contributed by atoms with E-state index in [1.54, 1.807) is 19.1 Å². The Labute approximate surface area is 138 Å². The molecule has 1 unspecified atom stereocenters. The molecule has 24 heavy (non-hydrogen) atoms. The van der Waals surface area contributed by atoms with Gasteiger partial charge in [0.1, 0.15) is 17.2 Å². The smallest absolute Gasteiger partial charge is 0.508 e. The summed E-state index contributed by atoms with van der Waals surface area (Å²) in [7, 11) is -4.90. The van der Waals surface area contributed by atoms with E-state index in [1.165, 1.54) is 24.3 Å². The van der Waals surface area contributed by atoms with E-state index < -0.39 is 25.3 Å². The normalized spacial score (nSPS) is 12.6. The summed E-state index contributed by atoms with van der Waals surface area (Å²) in [5.74, 6) is -1.75. The molecule has 0 radical (unpaired) electrons. The Kier molecular flexibility index (Phi) is 5.29. The lowest BCUT2D eigenvalue weighted by Gasteiger charge is -2.17. The van der Waals surface area contributed by atoms with Crippen molar-refractivity contribution in [3.8, 4) is 17.2 Å². The van der Waals surface area contributed by atoms with Crippen LogP contribution >= 0.6 is 7.82 Å². The number of Topliss-reactive ketones (excluding diaryl/α,β-unsaturated/α-hetero) is 1. The number of phenols is 2. The van der Waals surface area contributed by atoms with Crippen molar-refractivity contribution in [2.45, 2.75) is 19.3 Å². The van der Waals surface area contributed by atoms with Crippen molar-refractivity contribution in [1.82, 2.24) is 0 Å². The number of aromatic hydroxyl groups is 2. The minimum Gasteiger partial charge on any atom is -0.508 e. The molecule has 0 aliphatic carbocycles. The second-order valence-corrected chi connectivity index (χ2v) is 6.35. The predicted octanol–water partition coefficient (Wildman–Crippen LogP) is 2.95. The Bertz CT molecular complexity index is 797. The van der Waals surface area contributed by atoms with Gasteiger partial charge in [0.05, 0.1) is 5.56 Å². The van der Waals surface area contributed by atoms with Crippen molar-refractivity contribution in [3.05, 3.63) is 53.6 Å². The second kappa shape index (κ2) is 7.05. The molecule has 0 fully saturated rings. The van der Waals surface area contributed by atoms with Gasteiger partial charge in [0, 0.05) is 12.0 Å². The third-order valence-electron chi connectivity index (χ3n) is 3.45. The molecule has 0 saturated heterocycles. The zero-order chi connectivity index (χ0) is 17.9. The van der Waals surface area contributed by atoms with E-state index in [2.05, 4.69) is 4.52 Å². The molecule has 0 bridgehead atoms. The lowest BCUT2D eigenvalue weighted by Crippen LogP contribution is -2.13. The molecule has 0 amide bonds. The van der Waals surface area contributed by atoms with Crippen LogP contribution in [0.4, 0.5) is 0 Å². The van der Waals surface area contributed by atoms with E-state index in [9.17, 15) is 19.6 Å². The molecule has 0 saturated carbocycles. The summed E-state index contributed by atoms with van der Waals surface area (Å²) in [6.07, 6.45) is 0.401. The average Bonchev–Trinajstić information content (AvgIpc) is 2.46. The molecule has 2 aromatic rings. The van der Waals surface area contributed by atoms with Crippen molar-refractivity contribution in [2.24, 2.45) is 0 Å². The number of carbonyl (C=O) groups excluding carboxylic acids is 1. The van der Waals surface area contributed by atoms with Gasteiger partial charge < -0.3 is 14.7 Å². The monoisotopic (exact) mass is 352 g/mol. The number of phenolic OH excluding ortho intramolecular Hbond substituents is 2. The van der Waals surface area contributed by atoms with E-state index in [0.29, 0.717) is 12.0 Å². The molecule has 0 aliphatic rings. The molecule has 128 valence electrons. The topological polar surface area (TPSA) is 124 Å². The Morgan fingerprint density at radius 2 is 1.79 bits per heavy atom. The standard InChI is InChI=1S/C16H17O7P/c1-2-13(10-4-3-5-11(17)8-10)16(19)14-7-6-12(18)9-15(14)23-24(20,21)22/h3-9,13,17-18H,2H2,1H3,(H2,20,21,22). The maximum atomic E-state index is 12.8. The maximum absolute atomic E-state index is 12.8. The molecule has 4 N–H and O–H groups in total. The number of ketones is 1. The molecular formula is C16H17O7P. The molecule has 0 heterocycles. The molecule has 8 heteroatoms. The van der Waals surface area contributed by atoms with Crippen molar-refractivity contribution in [3.63, 3.8) is 0 Å². The first-order valence-corrected chi connectivity index (χ1v) is 8.65. The average molecular weight is 352 g/mol. The highest BCUT2D eigenvalue weighted by Crippen LogP contribution is 2.41. The van der Waals surface area contributed by atoms with Crippen LogP contribution in [0.3, 0.4) is 0 Å². The van der Waals surface area contributed by atoms with Crippen LogP contribution in [-0.4, -0.2) is 25.8 Å². The summed E-state index contributed by atoms with van der Waals surface area (Å²) in [5.41, 5.74) is 0.504. The Morgan fingerprint density at radius 3 is 2.38 bits per heavy atom. The molecule has 0 spiro atoms. The van der Waals surface area contributed by atoms with Crippen LogP contribution in [0.15, 0.2) is 42.5 Å². The minimum atomic E-state index is -4.90. The van der Waals surface area contributed by atoms with Crippen LogP contribution in [-0.2, 0) is 4.57 Å². The number of rotatable bonds is 6. The van der Waals surface area contributed by atoms with Crippen LogP contribution in [0.2, 0.25) is 0 Å². The van der Waals surface area contributed by atoms with Crippen molar-refractivity contribution < 1.29 is 33.9 Å². The summed E-state index contributed by atoms with van der Waals surface area (Å²) < 4.78 is 15.6. The van der Waals surface area contributed by atoms with Crippen molar-refractivity contribution in [1.29, 1.82) is 0 Å². The van der Waals surface area contributed by atoms with Crippen molar-refractivity contribution in [2.75, 3.05) is 0 Å². The lowest BCUT2D eigenvalue weighted by atomic mass is 9.88. The highest BCUT2D eigenvalue weighted by Gasteiger charge is 2.27. The van der Waals surface area contributed by atoms with E-state index in [1.807, 2.05) is 0 Å². The Hall–Kier alpha value is -2.34. The number of benzene rings is 2. The van der Waals surface area contributed by atoms with Gasteiger partial charge in [-0.2, -0.15) is 0 Å². The number of hydrogen-bond donors (Lipinski definition) is 4. The number of phosphoric ester groups is 1. The summed E-state index contributed by atoms with van der Waals surface area (Å²) in [6, 6.07) is 9.66. The summed E-state index contributed by atoms with van der Waals surface area (Å²) in [6.45, 7) is 1.77. The van der Waals surface area contributed by atoms with Crippen molar-refractivity contribution >= 4 is 13.6 Å². The second-order valence-electron chi connectivity index (χ2n) is 5.18. The molecule has 0 aliphatic heterocycles. The van der Waals surface area contributed by atoms with Crippen LogP contribution in [0.5, 0.6) is 17.2 Å². The highest BCUT2D eigenvalue weighted by atomic mass is 31.2. The van der Waals surface area contributed by atoms with Gasteiger partial charge in [-0.1, -0.05) is 19.1 Å². The number of carbonyl (C=O) groups is 1. The van der Waals surface area contributed by atoms with Crippen LogP contribution in [0, 0.1) is 0 Å². The van der Waals surface area contributed by atoms with Crippen LogP contribution < -0.4 is 4.52 Å². The van der Waals surface area contributed by atoms with Gasteiger partial charge in [-0.05, 0) is 36.2 Å². The Balaban J connectivity index is 2.46. The molecule has 2 rings (SSSR count). The predicted molar refractivity (Wildman–Crippen MR) is 86.2 cm³/mol. The fraction of sp³-hybridized carbons (Fsp3) is 0.188. The first-order valence-electron chi connectivity index (χ1n) is 7.12. The first-order chi connectivity index (χ1) is 11.2. The van der Waals surface area contributed by atoms with Gasteiger partial charge in [0.15, 0.2) is 5.78 Å². The number of hydrogen-bond acceptors (Lipinski definition) is 5. The van der Waals surface area contributed by atoms with E-state index in [-0.39, 0.29) is 17.1 Å². The molecular weight excluding hydrogens is 335 g/mol. The fourth-order valence-electron chi connectivity index (χ4n) is 2.42. The molecule has 1 atom stereocenters. The van der Waals surface area contributed by atoms with Gasteiger partial charge in [0.25, 0.3) is 0 Å². The highest BCUT2D eigenvalue weighted by molar-refractivity contribution is 7.46. The third kappa shape index (κ3) is 4.35. The summed E-state index contributed by atoms with van der Waals surface area (Å²) >= 11 is 0. The zero-order valence-corrected chi connectivity index (χ0v) is 13.7. The SMILES string of the molecule is CCC(C(=O)c1ccc(O)cc1OP(=O)(O)O)c1cccc(O)c1. The van der Waals surface area contributed by atoms with Crippen LogP contribution in [0.1, 0.15) is 35.2 Å². The Morgan fingerprint density at radius 1 is 1.12 bits per heavy atom. The fourth-order valence-corrected chi connectivity index (χ4v) is 2.83. The third-order valence-corrected chi connectivity index (χ3v) is 3.88. The quantitative estimate of drug-likeness (QED) is 0.465. The molecule has 0 aromatic heterocycles. The molecule has 2 aromatic carbocycles. The van der Waals surface area contributed by atoms with Gasteiger partial charge >= 0.3 is 7.82 Å².